The molecule has 2 N–H and O–H groups in total. The largest absolute Gasteiger partial charge is 0.481 e. The van der Waals surface area contributed by atoms with Crippen LogP contribution in [-0.4, -0.2) is 29.7 Å². The van der Waals surface area contributed by atoms with Crippen LogP contribution < -0.4 is 10.2 Å². The fourth-order valence-corrected chi connectivity index (χ4v) is 1.94. The predicted molar refractivity (Wildman–Crippen MR) is 79.1 cm³/mol. The second-order valence-corrected chi connectivity index (χ2v) is 4.87. The molecule has 1 rings (SSSR count). The summed E-state index contributed by atoms with van der Waals surface area (Å²) in [5, 5.41) is 11.5. The summed E-state index contributed by atoms with van der Waals surface area (Å²) in [6.07, 6.45) is 0.477. The number of nitrogens with zero attached hydrogens (tertiary/aromatic N) is 1. The monoisotopic (exact) mass is 278 g/mol. The Balaban J connectivity index is 2.65. The first kappa shape index (κ1) is 16.0. The summed E-state index contributed by atoms with van der Waals surface area (Å²) in [6.45, 7) is 6.25. The number of carbonyl (C=O) groups excluding carboxylic acids is 1. The summed E-state index contributed by atoms with van der Waals surface area (Å²) in [7, 11) is 0. The van der Waals surface area contributed by atoms with Crippen LogP contribution in [-0.2, 0) is 4.79 Å². The number of hydrogen-bond acceptors (Lipinski definition) is 2. The van der Waals surface area contributed by atoms with E-state index in [4.69, 9.17) is 5.11 Å². The Kier molecular flexibility index (Phi) is 6.03. The lowest BCUT2D eigenvalue weighted by Gasteiger charge is -2.24. The number of aliphatic carboxylic acids is 1. The molecule has 1 atom stereocenters. The first-order valence-electron chi connectivity index (χ1n) is 6.80. The number of carboxylic acid groups (broad SMARTS) is 1. The highest BCUT2D eigenvalue weighted by Gasteiger charge is 2.16. The van der Waals surface area contributed by atoms with Gasteiger partial charge < -0.3 is 10.4 Å². The number of carboxylic acids is 1. The number of carbonyl (C=O) groups is 2. The van der Waals surface area contributed by atoms with Gasteiger partial charge in [0, 0.05) is 24.7 Å². The molecule has 20 heavy (non-hydrogen) atoms. The van der Waals surface area contributed by atoms with Crippen LogP contribution in [0, 0.1) is 6.92 Å². The van der Waals surface area contributed by atoms with Gasteiger partial charge in [0.1, 0.15) is 0 Å². The van der Waals surface area contributed by atoms with Gasteiger partial charge in [0.15, 0.2) is 0 Å². The molecule has 2 amide bonds. The summed E-state index contributed by atoms with van der Waals surface area (Å²) in [6, 6.07) is 7.36. The van der Waals surface area contributed by atoms with Crippen LogP contribution in [0.2, 0.25) is 0 Å². The predicted octanol–water partition coefficient (Wildman–Crippen LogP) is 2.78. The number of benzene rings is 1. The quantitative estimate of drug-likeness (QED) is 0.840. The van der Waals surface area contributed by atoms with E-state index in [1.54, 1.807) is 4.90 Å². The molecule has 0 saturated heterocycles. The first-order valence-corrected chi connectivity index (χ1v) is 6.80. The third-order valence-corrected chi connectivity index (χ3v) is 3.04. The zero-order valence-corrected chi connectivity index (χ0v) is 12.2. The molecule has 0 aromatic heterocycles. The Hall–Kier alpha value is -2.04. The lowest BCUT2D eigenvalue weighted by Crippen LogP contribution is -2.44. The van der Waals surface area contributed by atoms with Crippen molar-refractivity contribution in [2.45, 2.75) is 39.7 Å². The van der Waals surface area contributed by atoms with Crippen LogP contribution in [0.15, 0.2) is 24.3 Å². The van der Waals surface area contributed by atoms with Crippen molar-refractivity contribution in [3.8, 4) is 0 Å². The minimum absolute atomic E-state index is 0.0536. The maximum Gasteiger partial charge on any atom is 0.322 e. The molecular formula is C15H22N2O3. The summed E-state index contributed by atoms with van der Waals surface area (Å²) in [5.74, 6) is -0.850. The minimum Gasteiger partial charge on any atom is -0.481 e. The van der Waals surface area contributed by atoms with E-state index in [2.05, 4.69) is 5.32 Å². The van der Waals surface area contributed by atoms with Crippen molar-refractivity contribution in [3.05, 3.63) is 29.8 Å². The van der Waals surface area contributed by atoms with Crippen molar-refractivity contribution in [1.29, 1.82) is 0 Å². The minimum atomic E-state index is -0.850. The van der Waals surface area contributed by atoms with E-state index >= 15 is 0 Å². The third-order valence-electron chi connectivity index (χ3n) is 3.04. The summed E-state index contributed by atoms with van der Waals surface area (Å²) in [5.41, 5.74) is 1.93. The Bertz CT molecular complexity index is 474. The van der Waals surface area contributed by atoms with Gasteiger partial charge >= 0.3 is 12.0 Å². The van der Waals surface area contributed by atoms with E-state index < -0.39 is 5.97 Å². The lowest BCUT2D eigenvalue weighted by atomic mass is 10.2. The smallest absolute Gasteiger partial charge is 0.322 e. The Morgan fingerprint density at radius 2 is 2.10 bits per heavy atom. The molecular weight excluding hydrogens is 256 g/mol. The molecule has 0 aliphatic heterocycles. The average Bonchev–Trinajstić information content (AvgIpc) is 2.37. The molecule has 0 saturated carbocycles. The molecule has 5 nitrogen and oxygen atoms in total. The highest BCUT2D eigenvalue weighted by Crippen LogP contribution is 2.16. The van der Waals surface area contributed by atoms with Crippen LogP contribution in [0.5, 0.6) is 0 Å². The molecule has 1 unspecified atom stereocenters. The SMILES string of the molecule is CCN(C(=O)NC(C)CCC(=O)O)c1cccc(C)c1. The van der Waals surface area contributed by atoms with E-state index in [0.717, 1.165) is 11.3 Å². The maximum atomic E-state index is 12.2. The summed E-state index contributed by atoms with van der Waals surface area (Å²) >= 11 is 0. The van der Waals surface area contributed by atoms with Gasteiger partial charge in [-0.1, -0.05) is 12.1 Å². The van der Waals surface area contributed by atoms with Gasteiger partial charge in [-0.3, -0.25) is 9.69 Å². The van der Waals surface area contributed by atoms with E-state index in [1.165, 1.54) is 0 Å². The van der Waals surface area contributed by atoms with Crippen LogP contribution in [0.4, 0.5) is 10.5 Å². The number of anilines is 1. The molecule has 110 valence electrons. The summed E-state index contributed by atoms with van der Waals surface area (Å²) in [4.78, 5) is 24.4. The second-order valence-electron chi connectivity index (χ2n) is 4.87. The van der Waals surface area contributed by atoms with Gasteiger partial charge in [0.05, 0.1) is 0 Å². The van der Waals surface area contributed by atoms with Crippen molar-refractivity contribution in [2.75, 3.05) is 11.4 Å². The molecule has 0 aliphatic carbocycles. The molecule has 0 heterocycles. The molecule has 1 aromatic carbocycles. The fourth-order valence-electron chi connectivity index (χ4n) is 1.94. The molecule has 0 fully saturated rings. The Morgan fingerprint density at radius 1 is 1.40 bits per heavy atom. The zero-order valence-electron chi connectivity index (χ0n) is 12.2. The van der Waals surface area contributed by atoms with Crippen LogP contribution >= 0.6 is 0 Å². The Labute approximate surface area is 119 Å². The summed E-state index contributed by atoms with van der Waals surface area (Å²) < 4.78 is 0. The number of aryl methyl sites for hydroxylation is 1. The van der Waals surface area contributed by atoms with Gasteiger partial charge in [0.2, 0.25) is 0 Å². The van der Waals surface area contributed by atoms with Gasteiger partial charge in [-0.05, 0) is 44.9 Å². The molecule has 0 spiro atoms. The van der Waals surface area contributed by atoms with Crippen molar-refractivity contribution >= 4 is 17.7 Å². The second kappa shape index (κ2) is 7.53. The fraction of sp³-hybridized carbons (Fsp3) is 0.467. The third kappa shape index (κ3) is 4.91. The van der Waals surface area contributed by atoms with E-state index in [0.29, 0.717) is 13.0 Å². The van der Waals surface area contributed by atoms with Crippen LogP contribution in [0.1, 0.15) is 32.3 Å². The molecule has 0 radical (unpaired) electrons. The van der Waals surface area contributed by atoms with Gasteiger partial charge in [-0.15, -0.1) is 0 Å². The highest BCUT2D eigenvalue weighted by atomic mass is 16.4. The highest BCUT2D eigenvalue weighted by molar-refractivity contribution is 5.92. The van der Waals surface area contributed by atoms with Crippen molar-refractivity contribution in [1.82, 2.24) is 5.32 Å². The van der Waals surface area contributed by atoms with Crippen molar-refractivity contribution < 1.29 is 14.7 Å². The van der Waals surface area contributed by atoms with E-state index in [9.17, 15) is 9.59 Å². The molecule has 0 bridgehead atoms. The zero-order chi connectivity index (χ0) is 15.1. The van der Waals surface area contributed by atoms with Gasteiger partial charge in [-0.25, -0.2) is 4.79 Å². The number of hydrogen-bond donors (Lipinski definition) is 2. The number of rotatable bonds is 6. The maximum absolute atomic E-state index is 12.2. The average molecular weight is 278 g/mol. The standard InChI is InChI=1S/C15H22N2O3/c1-4-17(13-7-5-6-11(2)10-13)15(20)16-12(3)8-9-14(18)19/h5-7,10,12H,4,8-9H2,1-3H3,(H,16,20)(H,18,19). The van der Waals surface area contributed by atoms with Crippen LogP contribution in [0.25, 0.3) is 0 Å². The molecule has 1 aromatic rings. The number of urea groups is 1. The van der Waals surface area contributed by atoms with Gasteiger partial charge in [0.25, 0.3) is 0 Å². The van der Waals surface area contributed by atoms with E-state index in [1.807, 2.05) is 45.0 Å². The van der Waals surface area contributed by atoms with Gasteiger partial charge in [-0.2, -0.15) is 0 Å². The lowest BCUT2D eigenvalue weighted by molar-refractivity contribution is -0.137. The topological polar surface area (TPSA) is 69.6 Å². The molecule has 5 heteroatoms. The normalized spacial score (nSPS) is 11.8. The van der Waals surface area contributed by atoms with Crippen LogP contribution in [0.3, 0.4) is 0 Å². The molecule has 0 aliphatic rings. The number of nitrogens with one attached hydrogen (secondary N) is 1. The Morgan fingerprint density at radius 3 is 2.65 bits per heavy atom. The van der Waals surface area contributed by atoms with Crippen molar-refractivity contribution in [3.63, 3.8) is 0 Å². The number of amides is 2. The van der Waals surface area contributed by atoms with Crippen molar-refractivity contribution in [2.24, 2.45) is 0 Å². The first-order chi connectivity index (χ1) is 9.43. The van der Waals surface area contributed by atoms with E-state index in [-0.39, 0.29) is 18.5 Å².